The Kier molecular flexibility index (Phi) is 9.82. The smallest absolute Gasteiger partial charge is 0.352 e. The highest BCUT2D eigenvalue weighted by Crippen LogP contribution is 2.41. The lowest BCUT2D eigenvalue weighted by molar-refractivity contribution is -0.684. The van der Waals surface area contributed by atoms with Crippen LogP contribution in [-0.2, 0) is 37.1 Å². The Labute approximate surface area is 284 Å². The molecule has 14 heteroatoms. The number of rotatable bonds is 11. The van der Waals surface area contributed by atoms with Crippen LogP contribution in [0, 0.1) is 0 Å². The lowest BCUT2D eigenvalue weighted by atomic mass is 10.0. The van der Waals surface area contributed by atoms with E-state index in [0.717, 1.165) is 10.5 Å². The molecule has 3 aliphatic rings. The molecular weight excluding hydrogens is 655 g/mol. The number of aromatic nitrogens is 1. The molecule has 4 amide bonds. The molecule has 2 unspecified atom stereocenters. The Morgan fingerprint density at radius 2 is 1.73 bits per heavy atom. The summed E-state index contributed by atoms with van der Waals surface area (Å²) in [5.74, 6) is -1.98. The molecule has 2 atom stereocenters. The fraction of sp³-hybridized carbons (Fsp3) is 0.235. The van der Waals surface area contributed by atoms with Gasteiger partial charge in [-0.3, -0.25) is 24.1 Å². The molecule has 0 radical (unpaired) electrons. The monoisotopic (exact) mass is 686 g/mol. The predicted molar refractivity (Wildman–Crippen MR) is 178 cm³/mol. The first kappa shape index (κ1) is 32.8. The van der Waals surface area contributed by atoms with Crippen molar-refractivity contribution < 1.29 is 38.8 Å². The van der Waals surface area contributed by atoms with Gasteiger partial charge in [-0.05, 0) is 60.0 Å². The number of aliphatic carboxylic acids is 1. The molecule has 0 aliphatic carbocycles. The van der Waals surface area contributed by atoms with E-state index in [2.05, 4.69) is 10.6 Å². The lowest BCUT2D eigenvalue weighted by Crippen LogP contribution is -2.70. The first-order valence-electron chi connectivity index (χ1n) is 15.1. The topological polar surface area (TPSA) is 160 Å². The summed E-state index contributed by atoms with van der Waals surface area (Å²) in [6.07, 6.45) is 5.53. The average Bonchev–Trinajstić information content (AvgIpc) is 3.42. The van der Waals surface area contributed by atoms with Crippen LogP contribution < -0.4 is 15.2 Å². The number of benzene rings is 2. The highest BCUT2D eigenvalue weighted by atomic mass is 32.2. The summed E-state index contributed by atoms with van der Waals surface area (Å²) >= 11 is 2.71. The third-order valence-corrected chi connectivity index (χ3v) is 10.3. The second-order valence-electron chi connectivity index (χ2n) is 11.4. The van der Waals surface area contributed by atoms with Crippen molar-refractivity contribution in [2.75, 3.05) is 23.4 Å². The van der Waals surface area contributed by atoms with E-state index in [1.807, 2.05) is 42.5 Å². The van der Waals surface area contributed by atoms with Gasteiger partial charge >= 0.3 is 5.97 Å². The number of pyridine rings is 1. The van der Waals surface area contributed by atoms with Crippen molar-refractivity contribution in [3.05, 3.63) is 108 Å². The molecule has 1 aromatic heterocycles. The number of fused-ring (bicyclic) bond motifs is 1. The number of anilines is 1. The number of carbonyl (C=O) groups is 5. The molecule has 6 rings (SSSR count). The Morgan fingerprint density at radius 1 is 1.00 bits per heavy atom. The molecule has 246 valence electrons. The van der Waals surface area contributed by atoms with Gasteiger partial charge in [-0.25, -0.2) is 4.79 Å². The van der Waals surface area contributed by atoms with Crippen molar-refractivity contribution in [1.29, 1.82) is 0 Å². The standard InChI is InChI=1S/C34H31N5O7S2/c40-25-8-6-24(7-9-25)35-27(41)18-37-13-10-21(11-14-37)17-38-15-12-22(31(38)43)16-23-19-48-33-29(32(44)39(33)30(23)34(45)46)36-28(42)20-47-26-4-2-1-3-5-26/h1-11,13-14,16,29,33H,12,15,17-20H2,(H3-,35,36,40,41,42,45,46)/p+1/b22-16+. The van der Waals surface area contributed by atoms with Crippen molar-refractivity contribution in [1.82, 2.24) is 15.1 Å². The van der Waals surface area contributed by atoms with E-state index >= 15 is 0 Å². The highest BCUT2D eigenvalue weighted by molar-refractivity contribution is 8.00. The van der Waals surface area contributed by atoms with Crippen molar-refractivity contribution in [3.8, 4) is 5.75 Å². The molecule has 2 saturated heterocycles. The zero-order valence-electron chi connectivity index (χ0n) is 25.6. The van der Waals surface area contributed by atoms with Gasteiger partial charge < -0.3 is 25.7 Å². The third kappa shape index (κ3) is 7.39. The van der Waals surface area contributed by atoms with Crippen LogP contribution in [0.2, 0.25) is 0 Å². The summed E-state index contributed by atoms with van der Waals surface area (Å²) in [7, 11) is 0. The van der Waals surface area contributed by atoms with Gasteiger partial charge in [-0.2, -0.15) is 4.57 Å². The molecule has 4 heterocycles. The van der Waals surface area contributed by atoms with Gasteiger partial charge in [0.2, 0.25) is 18.4 Å². The van der Waals surface area contributed by atoms with E-state index in [9.17, 15) is 34.2 Å². The molecule has 0 spiro atoms. The average molecular weight is 687 g/mol. The number of phenols is 1. The fourth-order valence-electron chi connectivity index (χ4n) is 5.63. The van der Waals surface area contributed by atoms with Crippen molar-refractivity contribution in [2.24, 2.45) is 0 Å². The number of hydrogen-bond donors (Lipinski definition) is 4. The van der Waals surface area contributed by atoms with E-state index < -0.39 is 23.3 Å². The maximum absolute atomic E-state index is 13.3. The molecular formula is C34H32N5O7S2+. The van der Waals surface area contributed by atoms with Crippen LogP contribution in [0.3, 0.4) is 0 Å². The van der Waals surface area contributed by atoms with Crippen LogP contribution >= 0.6 is 23.5 Å². The molecule has 48 heavy (non-hydrogen) atoms. The minimum Gasteiger partial charge on any atom is -0.508 e. The molecule has 2 fully saturated rings. The summed E-state index contributed by atoms with van der Waals surface area (Å²) in [4.78, 5) is 67.5. The van der Waals surface area contributed by atoms with Gasteiger partial charge in [-0.15, -0.1) is 23.5 Å². The zero-order valence-corrected chi connectivity index (χ0v) is 27.2. The first-order chi connectivity index (χ1) is 23.2. The largest absolute Gasteiger partial charge is 0.508 e. The maximum atomic E-state index is 13.3. The number of aromatic hydroxyl groups is 1. The summed E-state index contributed by atoms with van der Waals surface area (Å²) in [5, 5.41) is 24.4. The number of carbonyl (C=O) groups excluding carboxylic acids is 4. The fourth-order valence-corrected chi connectivity index (χ4v) is 7.66. The van der Waals surface area contributed by atoms with E-state index in [4.69, 9.17) is 0 Å². The number of carboxylic acid groups (broad SMARTS) is 1. The molecule has 4 N–H and O–H groups in total. The number of amides is 4. The van der Waals surface area contributed by atoms with Gasteiger partial charge in [0.1, 0.15) is 22.9 Å². The summed E-state index contributed by atoms with van der Waals surface area (Å²) in [6.45, 7) is 0.876. The number of carboxylic acids is 1. The predicted octanol–water partition coefficient (Wildman–Crippen LogP) is 2.51. The second kappa shape index (κ2) is 14.4. The number of nitrogens with one attached hydrogen (secondary N) is 2. The van der Waals surface area contributed by atoms with Gasteiger partial charge in [0.15, 0.2) is 12.4 Å². The van der Waals surface area contributed by atoms with Crippen molar-refractivity contribution >= 4 is 58.8 Å². The summed E-state index contributed by atoms with van der Waals surface area (Å²) in [6, 6.07) is 18.5. The number of β-lactam (4-membered cyclic amide) rings is 1. The van der Waals surface area contributed by atoms with E-state index in [1.165, 1.54) is 40.6 Å². The lowest BCUT2D eigenvalue weighted by Gasteiger charge is -2.49. The van der Waals surface area contributed by atoms with Gasteiger partial charge in [-0.1, -0.05) is 18.2 Å². The molecule has 0 saturated carbocycles. The van der Waals surface area contributed by atoms with E-state index in [-0.39, 0.29) is 47.2 Å². The number of hydrogen-bond acceptors (Lipinski definition) is 8. The van der Waals surface area contributed by atoms with Crippen LogP contribution in [0.25, 0.3) is 0 Å². The van der Waals surface area contributed by atoms with E-state index in [0.29, 0.717) is 36.3 Å². The normalized spacial score (nSPS) is 19.6. The molecule has 3 aliphatic heterocycles. The minimum absolute atomic E-state index is 0.0799. The van der Waals surface area contributed by atoms with Crippen LogP contribution in [-0.4, -0.2) is 79.1 Å². The third-order valence-electron chi connectivity index (χ3n) is 8.00. The molecule has 2 aromatic carbocycles. The Hall–Kier alpha value is -5.08. The van der Waals surface area contributed by atoms with E-state index in [1.54, 1.807) is 40.1 Å². The Bertz CT molecular complexity index is 1810. The SMILES string of the molecule is O=C(C[n+]1ccc(CN2CC/C(=C\C3=C(C(=O)O)N4C(=O)C(NC(=O)CSc5ccccc5)C4SC3)C2=O)cc1)Nc1ccc(O)cc1. The number of allylic oxidation sites excluding steroid dienone is 1. The van der Waals surface area contributed by atoms with Gasteiger partial charge in [0.05, 0.1) is 5.75 Å². The molecule has 0 bridgehead atoms. The second-order valence-corrected chi connectivity index (χ2v) is 13.5. The maximum Gasteiger partial charge on any atom is 0.352 e. The summed E-state index contributed by atoms with van der Waals surface area (Å²) in [5.41, 5.74) is 2.13. The van der Waals surface area contributed by atoms with Crippen LogP contribution in [0.5, 0.6) is 5.75 Å². The van der Waals surface area contributed by atoms with Gasteiger partial charge in [0, 0.05) is 47.1 Å². The van der Waals surface area contributed by atoms with Crippen molar-refractivity contribution in [2.45, 2.75) is 35.8 Å². The minimum atomic E-state index is -1.26. The van der Waals surface area contributed by atoms with Gasteiger partial charge in [0.25, 0.3) is 11.8 Å². The number of likely N-dealkylation sites (tertiary alicyclic amines) is 1. The van der Waals surface area contributed by atoms with Crippen LogP contribution in [0.15, 0.2) is 107 Å². The molecule has 12 nitrogen and oxygen atoms in total. The number of thioether (sulfide) groups is 2. The quantitative estimate of drug-likeness (QED) is 0.0782. The van der Waals surface area contributed by atoms with Crippen LogP contribution in [0.4, 0.5) is 5.69 Å². The Morgan fingerprint density at radius 3 is 2.44 bits per heavy atom. The number of nitrogens with zero attached hydrogens (tertiary/aromatic N) is 3. The van der Waals surface area contributed by atoms with Crippen LogP contribution in [0.1, 0.15) is 12.0 Å². The first-order valence-corrected chi connectivity index (χ1v) is 17.1. The Balaban J connectivity index is 1.04. The zero-order chi connectivity index (χ0) is 33.8. The number of phenolic OH excluding ortho intramolecular Hbond substituents is 1. The molecule has 3 aromatic rings. The summed E-state index contributed by atoms with van der Waals surface area (Å²) < 4.78 is 1.71. The van der Waals surface area contributed by atoms with Crippen molar-refractivity contribution in [3.63, 3.8) is 0 Å². The highest BCUT2D eigenvalue weighted by Gasteiger charge is 2.54.